The molecule has 2 atom stereocenters. The van der Waals surface area contributed by atoms with Crippen LogP contribution < -0.4 is 14.2 Å². The van der Waals surface area contributed by atoms with Gasteiger partial charge in [0.15, 0.2) is 23.0 Å². The minimum atomic E-state index is 0.207. The Morgan fingerprint density at radius 3 is 2.46 bits per heavy atom. The highest BCUT2D eigenvalue weighted by molar-refractivity contribution is 5.55. The van der Waals surface area contributed by atoms with E-state index in [0.29, 0.717) is 5.75 Å². The molecule has 2 aromatic carbocycles. The number of phenolic OH excluding ortho intramolecular Hbond substituents is 1. The molecule has 0 aromatic heterocycles. The lowest BCUT2D eigenvalue weighted by Crippen LogP contribution is -2.41. The Balaban J connectivity index is 1.82. The summed E-state index contributed by atoms with van der Waals surface area (Å²) in [4.78, 5) is 2.48. The van der Waals surface area contributed by atoms with Crippen molar-refractivity contribution in [2.24, 2.45) is 0 Å². The summed E-state index contributed by atoms with van der Waals surface area (Å²) >= 11 is 0. The third-order valence-corrected chi connectivity index (χ3v) is 5.83. The molecule has 0 amide bonds. The lowest BCUT2D eigenvalue weighted by molar-refractivity contribution is 0.136. The van der Waals surface area contributed by atoms with E-state index >= 15 is 0 Å². The van der Waals surface area contributed by atoms with Crippen LogP contribution in [0.2, 0.25) is 0 Å². The van der Waals surface area contributed by atoms with Crippen molar-refractivity contribution in [1.29, 1.82) is 0 Å². The standard InChI is InChI=1S/C21H25NO4/c1-12-14-5-6-18(24-2)21(26-4)16(14)11-22-8-7-13-9-19(25-3)17(23)10-15(13)20(12)22/h5-6,9-10,12,20,23H,7-8,11H2,1-4H3. The molecule has 5 nitrogen and oxygen atoms in total. The maximum Gasteiger partial charge on any atom is 0.165 e. The lowest BCUT2D eigenvalue weighted by atomic mass is 9.77. The van der Waals surface area contributed by atoms with E-state index < -0.39 is 0 Å². The molecule has 0 bridgehead atoms. The van der Waals surface area contributed by atoms with E-state index in [2.05, 4.69) is 17.9 Å². The van der Waals surface area contributed by atoms with Crippen molar-refractivity contribution < 1.29 is 19.3 Å². The van der Waals surface area contributed by atoms with Gasteiger partial charge in [-0.1, -0.05) is 13.0 Å². The van der Waals surface area contributed by atoms with Gasteiger partial charge in [0.05, 0.1) is 21.3 Å². The minimum absolute atomic E-state index is 0.207. The van der Waals surface area contributed by atoms with Crippen molar-refractivity contribution in [1.82, 2.24) is 4.90 Å². The second-order valence-corrected chi connectivity index (χ2v) is 7.05. The van der Waals surface area contributed by atoms with Gasteiger partial charge in [0.25, 0.3) is 0 Å². The SMILES string of the molecule is COc1cc2c(cc1O)C1C(C)c3ccc(OC)c(OC)c3CN1CC2. The van der Waals surface area contributed by atoms with E-state index in [9.17, 15) is 5.11 Å². The number of rotatable bonds is 3. The van der Waals surface area contributed by atoms with E-state index in [4.69, 9.17) is 14.2 Å². The largest absolute Gasteiger partial charge is 0.504 e. The number of methoxy groups -OCH3 is 3. The average Bonchev–Trinajstić information content (AvgIpc) is 2.66. The van der Waals surface area contributed by atoms with Gasteiger partial charge in [-0.3, -0.25) is 4.90 Å². The Labute approximate surface area is 154 Å². The van der Waals surface area contributed by atoms with Crippen molar-refractivity contribution in [3.8, 4) is 23.0 Å². The van der Waals surface area contributed by atoms with Crippen LogP contribution in [0.15, 0.2) is 24.3 Å². The first kappa shape index (κ1) is 17.0. The van der Waals surface area contributed by atoms with Crippen LogP contribution >= 0.6 is 0 Å². The number of fused-ring (bicyclic) bond motifs is 4. The number of aromatic hydroxyl groups is 1. The van der Waals surface area contributed by atoms with Crippen molar-refractivity contribution in [2.75, 3.05) is 27.9 Å². The first-order valence-electron chi connectivity index (χ1n) is 8.96. The van der Waals surface area contributed by atoms with Crippen LogP contribution in [0.25, 0.3) is 0 Å². The summed E-state index contributed by atoms with van der Waals surface area (Å²) in [7, 11) is 4.97. The summed E-state index contributed by atoms with van der Waals surface area (Å²) < 4.78 is 16.4. The van der Waals surface area contributed by atoms with Crippen LogP contribution in [0.4, 0.5) is 0 Å². The van der Waals surface area contributed by atoms with Gasteiger partial charge >= 0.3 is 0 Å². The first-order valence-corrected chi connectivity index (χ1v) is 8.96. The third kappa shape index (κ3) is 2.42. The van der Waals surface area contributed by atoms with Crippen molar-refractivity contribution in [2.45, 2.75) is 31.8 Å². The molecule has 1 N–H and O–H groups in total. The fourth-order valence-corrected chi connectivity index (χ4v) is 4.61. The molecule has 26 heavy (non-hydrogen) atoms. The molecule has 0 radical (unpaired) electrons. The Morgan fingerprint density at radius 1 is 1.00 bits per heavy atom. The summed E-state index contributed by atoms with van der Waals surface area (Å²) in [6.07, 6.45) is 0.941. The number of ether oxygens (including phenoxy) is 3. The fourth-order valence-electron chi connectivity index (χ4n) is 4.61. The Morgan fingerprint density at radius 2 is 1.77 bits per heavy atom. The van der Waals surface area contributed by atoms with Gasteiger partial charge < -0.3 is 19.3 Å². The zero-order valence-electron chi connectivity index (χ0n) is 15.7. The van der Waals surface area contributed by atoms with Crippen LogP contribution in [0.3, 0.4) is 0 Å². The van der Waals surface area contributed by atoms with Gasteiger partial charge in [-0.05, 0) is 41.3 Å². The van der Waals surface area contributed by atoms with E-state index in [1.807, 2.05) is 18.2 Å². The minimum Gasteiger partial charge on any atom is -0.504 e. The molecule has 0 saturated heterocycles. The van der Waals surface area contributed by atoms with Crippen LogP contribution in [-0.4, -0.2) is 37.9 Å². The number of phenols is 1. The zero-order valence-corrected chi connectivity index (χ0v) is 15.7. The normalized spacial score (nSPS) is 21.4. The molecule has 0 spiro atoms. The predicted molar refractivity (Wildman–Crippen MR) is 99.5 cm³/mol. The average molecular weight is 355 g/mol. The molecule has 2 aromatic rings. The summed E-state index contributed by atoms with van der Waals surface area (Å²) in [6, 6.07) is 8.24. The molecule has 0 fully saturated rings. The van der Waals surface area contributed by atoms with Crippen molar-refractivity contribution >= 4 is 0 Å². The molecular weight excluding hydrogens is 330 g/mol. The second-order valence-electron chi connectivity index (χ2n) is 7.05. The molecule has 0 aliphatic carbocycles. The van der Waals surface area contributed by atoms with Crippen LogP contribution in [0, 0.1) is 0 Å². The monoisotopic (exact) mass is 355 g/mol. The Bertz CT molecular complexity index is 848. The van der Waals surface area contributed by atoms with E-state index in [1.54, 1.807) is 21.3 Å². The Kier molecular flexibility index (Phi) is 4.19. The highest BCUT2D eigenvalue weighted by atomic mass is 16.5. The number of hydrogen-bond acceptors (Lipinski definition) is 5. The third-order valence-electron chi connectivity index (χ3n) is 5.83. The van der Waals surface area contributed by atoms with E-state index in [1.165, 1.54) is 22.3 Å². The molecule has 4 rings (SSSR count). The van der Waals surface area contributed by atoms with Gasteiger partial charge in [0.1, 0.15) is 0 Å². The zero-order chi connectivity index (χ0) is 18.4. The highest BCUT2D eigenvalue weighted by Crippen LogP contribution is 2.50. The topological polar surface area (TPSA) is 51.2 Å². The number of hydrogen-bond donors (Lipinski definition) is 1. The second kappa shape index (κ2) is 6.40. The molecule has 2 heterocycles. The molecule has 138 valence electrons. The fraction of sp³-hybridized carbons (Fsp3) is 0.429. The molecule has 2 unspecified atom stereocenters. The van der Waals surface area contributed by atoms with Gasteiger partial charge in [-0.15, -0.1) is 0 Å². The smallest absolute Gasteiger partial charge is 0.165 e. The summed E-state index contributed by atoms with van der Waals surface area (Å²) in [5.74, 6) is 2.65. The summed E-state index contributed by atoms with van der Waals surface area (Å²) in [5, 5.41) is 10.3. The maximum atomic E-state index is 10.3. The maximum absolute atomic E-state index is 10.3. The lowest BCUT2D eigenvalue weighted by Gasteiger charge is -2.45. The molecule has 2 aliphatic heterocycles. The summed E-state index contributed by atoms with van der Waals surface area (Å²) in [5.41, 5.74) is 4.95. The van der Waals surface area contributed by atoms with Crippen LogP contribution in [0.5, 0.6) is 23.0 Å². The van der Waals surface area contributed by atoms with Gasteiger partial charge in [-0.2, -0.15) is 0 Å². The van der Waals surface area contributed by atoms with E-state index in [-0.39, 0.29) is 17.7 Å². The Hall–Kier alpha value is -2.40. The van der Waals surface area contributed by atoms with E-state index in [0.717, 1.165) is 31.0 Å². The number of benzene rings is 2. The number of nitrogens with zero attached hydrogens (tertiary/aromatic N) is 1. The highest BCUT2D eigenvalue weighted by Gasteiger charge is 2.39. The quantitative estimate of drug-likeness (QED) is 0.911. The van der Waals surface area contributed by atoms with Crippen LogP contribution in [0.1, 0.15) is 41.1 Å². The first-order chi connectivity index (χ1) is 12.6. The van der Waals surface area contributed by atoms with Crippen LogP contribution in [-0.2, 0) is 13.0 Å². The van der Waals surface area contributed by atoms with Gasteiger partial charge in [0, 0.05) is 30.6 Å². The van der Waals surface area contributed by atoms with Crippen molar-refractivity contribution in [3.63, 3.8) is 0 Å². The molecule has 2 aliphatic rings. The molecule has 5 heteroatoms. The molecular formula is C21H25NO4. The van der Waals surface area contributed by atoms with Crippen molar-refractivity contribution in [3.05, 3.63) is 46.5 Å². The molecule has 0 saturated carbocycles. The van der Waals surface area contributed by atoms with Gasteiger partial charge in [0.2, 0.25) is 0 Å². The predicted octanol–water partition coefficient (Wildman–Crippen LogP) is 3.63. The summed E-state index contributed by atoms with van der Waals surface area (Å²) in [6.45, 7) is 4.03. The van der Waals surface area contributed by atoms with Gasteiger partial charge in [-0.25, -0.2) is 0 Å².